The molecule has 2 aliphatic heterocycles. The molecule has 2 heterocycles. The smallest absolute Gasteiger partial charge is 0.323 e. The van der Waals surface area contributed by atoms with E-state index < -0.39 is 5.54 Å². The number of urea groups is 1. The van der Waals surface area contributed by atoms with Gasteiger partial charge in [0.2, 0.25) is 0 Å². The number of piperazine rings is 1. The number of quaternary nitrogens is 2. The van der Waals surface area contributed by atoms with Crippen LogP contribution in [-0.4, -0.2) is 55.2 Å². The average molecular weight is 409 g/mol. The van der Waals surface area contributed by atoms with Crippen molar-refractivity contribution in [2.45, 2.75) is 45.7 Å². The molecule has 0 radical (unpaired) electrons. The summed E-state index contributed by atoms with van der Waals surface area (Å²) in [4.78, 5) is 29.6. The molecule has 3 amide bonds. The lowest BCUT2D eigenvalue weighted by Crippen LogP contribution is -3.28. The first-order valence-electron chi connectivity index (χ1n) is 10.3. The van der Waals surface area contributed by atoms with Crippen LogP contribution in [0.15, 0.2) is 24.3 Å². The summed E-state index contributed by atoms with van der Waals surface area (Å²) in [5.41, 5.74) is 0.542. The topological polar surface area (TPSA) is 58.3 Å². The fraction of sp³-hybridized carbons (Fsp3) is 0.619. The van der Waals surface area contributed by atoms with Gasteiger partial charge in [-0.05, 0) is 37.8 Å². The molecule has 0 saturated carbocycles. The van der Waals surface area contributed by atoms with E-state index in [0.29, 0.717) is 19.0 Å². The van der Waals surface area contributed by atoms with Crippen LogP contribution in [0.2, 0.25) is 5.02 Å². The zero-order chi connectivity index (χ0) is 20.3. The molecule has 28 heavy (non-hydrogen) atoms. The van der Waals surface area contributed by atoms with Crippen LogP contribution in [0.4, 0.5) is 4.79 Å². The zero-order valence-electron chi connectivity index (χ0n) is 17.2. The van der Waals surface area contributed by atoms with Gasteiger partial charge in [0.15, 0.2) is 6.67 Å². The van der Waals surface area contributed by atoms with Gasteiger partial charge in [0, 0.05) is 10.6 Å². The second-order valence-corrected chi connectivity index (χ2v) is 9.33. The van der Waals surface area contributed by atoms with Crippen LogP contribution < -0.4 is 15.1 Å². The maximum atomic E-state index is 12.9. The molecule has 1 aromatic rings. The van der Waals surface area contributed by atoms with Crippen molar-refractivity contribution in [2.75, 3.05) is 32.8 Å². The van der Waals surface area contributed by atoms with Gasteiger partial charge in [0.05, 0.1) is 0 Å². The number of hydrogen-bond donors (Lipinski definition) is 3. The Morgan fingerprint density at radius 1 is 1.11 bits per heavy atom. The lowest BCUT2D eigenvalue weighted by Gasteiger charge is -2.31. The van der Waals surface area contributed by atoms with Crippen molar-refractivity contribution in [3.63, 3.8) is 0 Å². The molecule has 154 valence electrons. The first-order chi connectivity index (χ1) is 13.3. The highest BCUT2D eigenvalue weighted by Crippen LogP contribution is 2.24. The molecule has 0 unspecified atom stereocenters. The van der Waals surface area contributed by atoms with Crippen molar-refractivity contribution in [1.82, 2.24) is 10.2 Å². The molecule has 0 bridgehead atoms. The van der Waals surface area contributed by atoms with Crippen LogP contribution in [0.5, 0.6) is 0 Å². The summed E-state index contributed by atoms with van der Waals surface area (Å²) in [6, 6.07) is 7.80. The second-order valence-electron chi connectivity index (χ2n) is 8.89. The van der Waals surface area contributed by atoms with Crippen LogP contribution in [0.3, 0.4) is 0 Å². The van der Waals surface area contributed by atoms with Crippen molar-refractivity contribution >= 4 is 23.5 Å². The van der Waals surface area contributed by atoms with Gasteiger partial charge in [0.1, 0.15) is 38.3 Å². The fourth-order valence-corrected chi connectivity index (χ4v) is 4.17. The van der Waals surface area contributed by atoms with E-state index in [4.69, 9.17) is 11.6 Å². The highest BCUT2D eigenvalue weighted by Gasteiger charge is 2.48. The maximum Gasteiger partial charge on any atom is 0.329 e. The number of carbonyl (C=O) groups excluding carboxylic acids is 2. The lowest BCUT2D eigenvalue weighted by atomic mass is 9.92. The molecule has 2 fully saturated rings. The number of carbonyl (C=O) groups is 2. The number of halogens is 1. The number of hydrogen-bond acceptors (Lipinski definition) is 2. The Morgan fingerprint density at radius 3 is 2.32 bits per heavy atom. The summed E-state index contributed by atoms with van der Waals surface area (Å²) in [6.45, 7) is 11.6. The lowest BCUT2D eigenvalue weighted by molar-refractivity contribution is -1.02. The van der Waals surface area contributed by atoms with Crippen LogP contribution in [0.25, 0.3) is 0 Å². The summed E-state index contributed by atoms with van der Waals surface area (Å²) in [5, 5.41) is 3.69. The van der Waals surface area contributed by atoms with Crippen LogP contribution in [0, 0.1) is 5.92 Å². The molecule has 7 heteroatoms. The first kappa shape index (κ1) is 21.1. The standard InChI is InChI=1S/C21H31ClN4O2/c1-16(2)8-9-21(3)19(27)26(20(28)23-21)15-25-12-10-24(11-13-25)14-17-4-6-18(22)7-5-17/h4-7,16H,8-15H2,1-3H3,(H,23,28)/p+2/t21-/m1/s1. The Hall–Kier alpha value is -1.63. The molecule has 2 aliphatic rings. The Kier molecular flexibility index (Phi) is 6.63. The number of amides is 3. The van der Waals surface area contributed by atoms with E-state index in [-0.39, 0.29) is 11.9 Å². The van der Waals surface area contributed by atoms with Crippen molar-refractivity contribution in [3.05, 3.63) is 34.9 Å². The van der Waals surface area contributed by atoms with E-state index in [9.17, 15) is 9.59 Å². The molecule has 3 N–H and O–H groups in total. The fourth-order valence-electron chi connectivity index (χ4n) is 4.04. The SMILES string of the molecule is CC(C)CC[C@@]1(C)NC(=O)N(C[NH+]2CC[NH+](Cc3ccc(Cl)cc3)CC2)C1=O. The summed E-state index contributed by atoms with van der Waals surface area (Å²) >= 11 is 5.96. The van der Waals surface area contributed by atoms with Gasteiger partial charge in [-0.25, -0.2) is 9.69 Å². The Labute approximate surface area is 172 Å². The van der Waals surface area contributed by atoms with E-state index >= 15 is 0 Å². The summed E-state index contributed by atoms with van der Waals surface area (Å²) in [7, 11) is 0. The Bertz CT molecular complexity index is 701. The van der Waals surface area contributed by atoms with E-state index in [1.807, 2.05) is 19.1 Å². The minimum atomic E-state index is -0.748. The molecule has 6 nitrogen and oxygen atoms in total. The van der Waals surface area contributed by atoms with Crippen LogP contribution in [-0.2, 0) is 11.3 Å². The van der Waals surface area contributed by atoms with E-state index in [1.54, 1.807) is 0 Å². The van der Waals surface area contributed by atoms with Gasteiger partial charge >= 0.3 is 6.03 Å². The molecule has 2 saturated heterocycles. The van der Waals surface area contributed by atoms with Crippen molar-refractivity contribution < 1.29 is 19.4 Å². The zero-order valence-corrected chi connectivity index (χ0v) is 17.9. The molecular formula is C21H33ClN4O2+2. The second kappa shape index (κ2) is 8.80. The maximum absolute atomic E-state index is 12.9. The molecule has 0 spiro atoms. The van der Waals surface area contributed by atoms with Gasteiger partial charge in [-0.1, -0.05) is 37.6 Å². The van der Waals surface area contributed by atoms with Crippen LogP contribution >= 0.6 is 11.6 Å². The van der Waals surface area contributed by atoms with Crippen molar-refractivity contribution in [3.8, 4) is 0 Å². The third kappa shape index (κ3) is 5.04. The van der Waals surface area contributed by atoms with Crippen LogP contribution in [0.1, 0.15) is 39.2 Å². The highest BCUT2D eigenvalue weighted by molar-refractivity contribution is 6.30. The average Bonchev–Trinajstić information content (AvgIpc) is 2.87. The van der Waals surface area contributed by atoms with Gasteiger partial charge in [-0.2, -0.15) is 0 Å². The third-order valence-corrected chi connectivity index (χ3v) is 6.23. The number of benzene rings is 1. The predicted octanol–water partition coefficient (Wildman–Crippen LogP) is 0.328. The van der Waals surface area contributed by atoms with Crippen molar-refractivity contribution in [1.29, 1.82) is 0 Å². The molecule has 0 aromatic heterocycles. The summed E-state index contributed by atoms with van der Waals surface area (Å²) in [5.74, 6) is 0.444. The van der Waals surface area contributed by atoms with E-state index in [0.717, 1.165) is 44.2 Å². The monoisotopic (exact) mass is 408 g/mol. The molecule has 1 aromatic carbocycles. The van der Waals surface area contributed by atoms with E-state index in [1.165, 1.54) is 20.3 Å². The number of nitrogens with zero attached hydrogens (tertiary/aromatic N) is 1. The molecular weight excluding hydrogens is 376 g/mol. The first-order valence-corrected chi connectivity index (χ1v) is 10.7. The third-order valence-electron chi connectivity index (χ3n) is 5.98. The molecule has 0 aliphatic carbocycles. The number of imide groups is 1. The molecule has 3 rings (SSSR count). The number of nitrogens with one attached hydrogen (secondary N) is 3. The largest absolute Gasteiger partial charge is 0.329 e. The van der Waals surface area contributed by atoms with Gasteiger partial charge in [-0.15, -0.1) is 0 Å². The van der Waals surface area contributed by atoms with E-state index in [2.05, 4.69) is 31.3 Å². The van der Waals surface area contributed by atoms with Gasteiger partial charge < -0.3 is 15.1 Å². The highest BCUT2D eigenvalue weighted by atomic mass is 35.5. The minimum absolute atomic E-state index is 0.0680. The van der Waals surface area contributed by atoms with Gasteiger partial charge in [-0.3, -0.25) is 4.79 Å². The Morgan fingerprint density at radius 2 is 1.71 bits per heavy atom. The van der Waals surface area contributed by atoms with Crippen molar-refractivity contribution in [2.24, 2.45) is 5.92 Å². The predicted molar refractivity (Wildman–Crippen MR) is 109 cm³/mol. The Balaban J connectivity index is 1.49. The number of rotatable bonds is 7. The van der Waals surface area contributed by atoms with Gasteiger partial charge in [0.25, 0.3) is 5.91 Å². The minimum Gasteiger partial charge on any atom is -0.323 e. The quantitative estimate of drug-likeness (QED) is 0.569. The summed E-state index contributed by atoms with van der Waals surface area (Å²) < 4.78 is 0. The molecule has 1 atom stereocenters. The normalized spacial score (nSPS) is 28.1. The summed E-state index contributed by atoms with van der Waals surface area (Å²) in [6.07, 6.45) is 1.62.